The van der Waals surface area contributed by atoms with Gasteiger partial charge in [0.05, 0.1) is 35.6 Å². The molecule has 1 aliphatic rings. The minimum atomic E-state index is -4.54. The molecule has 1 atom stereocenters. The van der Waals surface area contributed by atoms with Gasteiger partial charge in [-0.05, 0) is 36.6 Å². The van der Waals surface area contributed by atoms with Crippen LogP contribution in [0.2, 0.25) is 0 Å². The van der Waals surface area contributed by atoms with E-state index in [-0.39, 0.29) is 23.8 Å². The minimum absolute atomic E-state index is 0.00307. The van der Waals surface area contributed by atoms with Crippen molar-refractivity contribution in [2.24, 2.45) is 4.99 Å². The number of carbonyl (C=O) groups is 1. The number of halogens is 3. The van der Waals surface area contributed by atoms with Crippen LogP contribution in [0.1, 0.15) is 23.2 Å². The summed E-state index contributed by atoms with van der Waals surface area (Å²) < 4.78 is 44.3. The highest BCUT2D eigenvalue weighted by atomic mass is 19.4. The summed E-state index contributed by atoms with van der Waals surface area (Å²) in [5, 5.41) is 5.61. The molecular formula is C26H25F3N6O2. The number of aromatic nitrogens is 3. The number of amides is 1. The predicted molar refractivity (Wildman–Crippen MR) is 134 cm³/mol. The van der Waals surface area contributed by atoms with Crippen molar-refractivity contribution in [3.05, 3.63) is 77.5 Å². The van der Waals surface area contributed by atoms with Crippen molar-refractivity contribution in [3.8, 4) is 11.1 Å². The van der Waals surface area contributed by atoms with E-state index >= 15 is 0 Å². The molecule has 1 amide bonds. The van der Waals surface area contributed by atoms with Crippen molar-refractivity contribution in [1.29, 1.82) is 0 Å². The number of nitrogens with one attached hydrogen (secondary N) is 2. The van der Waals surface area contributed by atoms with E-state index in [0.29, 0.717) is 18.1 Å². The molecule has 4 rings (SSSR count). The summed E-state index contributed by atoms with van der Waals surface area (Å²) in [5.74, 6) is 0.000845. The van der Waals surface area contributed by atoms with Crippen LogP contribution in [0.4, 0.5) is 24.8 Å². The van der Waals surface area contributed by atoms with E-state index in [0.717, 1.165) is 29.3 Å². The Kier molecular flexibility index (Phi) is 7.92. The first kappa shape index (κ1) is 26.0. The molecule has 2 N–H and O–H groups in total. The fourth-order valence-corrected chi connectivity index (χ4v) is 3.70. The molecule has 11 heteroatoms. The number of aliphatic imine (C=N–C) groups is 1. The maximum Gasteiger partial charge on any atom is 0.418 e. The lowest BCUT2D eigenvalue weighted by Gasteiger charge is -2.12. The van der Waals surface area contributed by atoms with Crippen LogP contribution in [-0.4, -0.2) is 46.8 Å². The van der Waals surface area contributed by atoms with Crippen LogP contribution in [0.25, 0.3) is 11.1 Å². The Balaban J connectivity index is 1.33. The van der Waals surface area contributed by atoms with Gasteiger partial charge in [0, 0.05) is 43.6 Å². The maximum absolute atomic E-state index is 13.1. The number of methoxy groups -OCH3 is 1. The van der Waals surface area contributed by atoms with Crippen LogP contribution in [0.3, 0.4) is 0 Å². The molecule has 0 saturated carbocycles. The monoisotopic (exact) mass is 510 g/mol. The van der Waals surface area contributed by atoms with E-state index in [9.17, 15) is 18.0 Å². The van der Waals surface area contributed by atoms with Crippen molar-refractivity contribution in [1.82, 2.24) is 15.0 Å². The highest BCUT2D eigenvalue weighted by Crippen LogP contribution is 2.32. The van der Waals surface area contributed by atoms with Gasteiger partial charge in [-0.1, -0.05) is 24.3 Å². The molecule has 0 saturated heterocycles. The maximum atomic E-state index is 13.1. The molecule has 0 bridgehead atoms. The van der Waals surface area contributed by atoms with Crippen molar-refractivity contribution in [2.75, 3.05) is 24.4 Å². The molecular weight excluding hydrogens is 485 g/mol. The summed E-state index contributed by atoms with van der Waals surface area (Å²) in [4.78, 5) is 29.2. The molecule has 0 radical (unpaired) electrons. The standard InChI is InChI=1S/C26H25F3N6O2/c1-16-23(26(27,28)29)11-22(14-30-16)34-24(36)9-17-3-5-18(6-4-17)19-12-32-25(33-13-19)35-21-10-20(31-15-21)7-8-37-2/h3-6,10-15,20H,7-9H2,1-2H3,(H,34,36)(H,32,33,35). The average molecular weight is 511 g/mol. The fraction of sp³-hybridized carbons (Fsp3) is 0.269. The largest absolute Gasteiger partial charge is 0.418 e. The molecule has 2 aromatic heterocycles. The molecule has 8 nitrogen and oxygen atoms in total. The Hall–Kier alpha value is -4.12. The number of rotatable bonds is 9. The van der Waals surface area contributed by atoms with Crippen LogP contribution >= 0.6 is 0 Å². The first-order chi connectivity index (χ1) is 17.7. The quantitative estimate of drug-likeness (QED) is 0.428. The van der Waals surface area contributed by atoms with Gasteiger partial charge in [-0.2, -0.15) is 13.2 Å². The molecule has 3 aromatic rings. The zero-order chi connectivity index (χ0) is 26.4. The number of nitrogens with zero attached hydrogens (tertiary/aromatic N) is 4. The highest BCUT2D eigenvalue weighted by molar-refractivity contribution is 5.92. The average Bonchev–Trinajstić information content (AvgIpc) is 3.31. The van der Waals surface area contributed by atoms with Gasteiger partial charge >= 0.3 is 6.18 Å². The second-order valence-electron chi connectivity index (χ2n) is 8.45. The third-order valence-corrected chi connectivity index (χ3v) is 5.63. The van der Waals surface area contributed by atoms with Crippen molar-refractivity contribution in [2.45, 2.75) is 32.0 Å². The van der Waals surface area contributed by atoms with Crippen LogP contribution in [-0.2, 0) is 22.1 Å². The number of benzene rings is 1. The van der Waals surface area contributed by atoms with Crippen molar-refractivity contribution >= 4 is 23.8 Å². The number of pyridine rings is 1. The van der Waals surface area contributed by atoms with Crippen LogP contribution in [0, 0.1) is 6.92 Å². The number of anilines is 2. The molecule has 37 heavy (non-hydrogen) atoms. The Morgan fingerprint density at radius 3 is 2.46 bits per heavy atom. The highest BCUT2D eigenvalue weighted by Gasteiger charge is 2.33. The Labute approximate surface area is 211 Å². The molecule has 1 aromatic carbocycles. The molecule has 0 fully saturated rings. The first-order valence-corrected chi connectivity index (χ1v) is 11.5. The van der Waals surface area contributed by atoms with E-state index in [1.807, 2.05) is 18.2 Å². The van der Waals surface area contributed by atoms with Gasteiger partial charge in [0.2, 0.25) is 11.9 Å². The summed E-state index contributed by atoms with van der Waals surface area (Å²) in [6.07, 6.45) is 4.59. The van der Waals surface area contributed by atoms with E-state index in [1.54, 1.807) is 37.9 Å². The van der Waals surface area contributed by atoms with Gasteiger partial charge < -0.3 is 15.4 Å². The van der Waals surface area contributed by atoms with E-state index in [2.05, 4.69) is 30.6 Å². The molecule has 1 aliphatic heterocycles. The topological polar surface area (TPSA) is 101 Å². The fourth-order valence-electron chi connectivity index (χ4n) is 3.70. The Bertz CT molecular complexity index is 1310. The van der Waals surface area contributed by atoms with Gasteiger partial charge in [0.25, 0.3) is 0 Å². The van der Waals surface area contributed by atoms with E-state index in [1.165, 1.54) is 13.1 Å². The summed E-state index contributed by atoms with van der Waals surface area (Å²) in [7, 11) is 1.66. The number of hydrogen-bond donors (Lipinski definition) is 2. The summed E-state index contributed by atoms with van der Waals surface area (Å²) >= 11 is 0. The number of alkyl halides is 3. The lowest BCUT2D eigenvalue weighted by Crippen LogP contribution is -2.16. The van der Waals surface area contributed by atoms with Crippen molar-refractivity contribution < 1.29 is 22.7 Å². The molecule has 1 unspecified atom stereocenters. The Morgan fingerprint density at radius 1 is 1.05 bits per heavy atom. The third-order valence-electron chi connectivity index (χ3n) is 5.63. The lowest BCUT2D eigenvalue weighted by atomic mass is 10.0. The van der Waals surface area contributed by atoms with Gasteiger partial charge in [-0.15, -0.1) is 0 Å². The Morgan fingerprint density at radius 2 is 1.78 bits per heavy atom. The van der Waals surface area contributed by atoms with Gasteiger partial charge in [0.1, 0.15) is 0 Å². The normalized spacial score (nSPS) is 14.9. The van der Waals surface area contributed by atoms with E-state index in [4.69, 9.17) is 4.74 Å². The summed E-state index contributed by atoms with van der Waals surface area (Å²) in [5.41, 5.74) is 2.14. The molecule has 3 heterocycles. The molecule has 0 spiro atoms. The third kappa shape index (κ3) is 6.98. The number of ether oxygens (including phenoxy) is 1. The zero-order valence-corrected chi connectivity index (χ0v) is 20.2. The van der Waals surface area contributed by atoms with Gasteiger partial charge in [-0.3, -0.25) is 14.8 Å². The second-order valence-corrected chi connectivity index (χ2v) is 8.45. The summed E-state index contributed by atoms with van der Waals surface area (Å²) in [6, 6.07) is 8.17. The first-order valence-electron chi connectivity index (χ1n) is 11.5. The van der Waals surface area contributed by atoms with Gasteiger partial charge in [-0.25, -0.2) is 9.97 Å². The van der Waals surface area contributed by atoms with Crippen LogP contribution in [0.5, 0.6) is 0 Å². The predicted octanol–water partition coefficient (Wildman–Crippen LogP) is 4.83. The van der Waals surface area contributed by atoms with Crippen LogP contribution < -0.4 is 10.6 Å². The van der Waals surface area contributed by atoms with Gasteiger partial charge in [0.15, 0.2) is 0 Å². The smallest absolute Gasteiger partial charge is 0.385 e. The summed E-state index contributed by atoms with van der Waals surface area (Å²) in [6.45, 7) is 1.90. The number of carbonyl (C=O) groups excluding carboxylic acids is 1. The number of aryl methyl sites for hydroxylation is 1. The second kappa shape index (κ2) is 11.3. The number of allylic oxidation sites excluding steroid dienone is 1. The molecule has 0 aliphatic carbocycles. The van der Waals surface area contributed by atoms with Crippen LogP contribution in [0.15, 0.2) is 65.7 Å². The SMILES string of the molecule is COCCC1C=C(Nc2ncc(-c3ccc(CC(=O)Nc4cnc(C)c(C(F)(F)F)c4)cc3)cn2)C=N1. The number of hydrogen-bond acceptors (Lipinski definition) is 7. The zero-order valence-electron chi connectivity index (χ0n) is 20.2. The van der Waals surface area contributed by atoms with E-state index < -0.39 is 17.6 Å². The van der Waals surface area contributed by atoms with Crippen molar-refractivity contribution in [3.63, 3.8) is 0 Å². The molecule has 192 valence electrons. The lowest BCUT2D eigenvalue weighted by molar-refractivity contribution is -0.138. The minimum Gasteiger partial charge on any atom is -0.385 e.